The normalized spacial score (nSPS) is 10.7. The smallest absolute Gasteiger partial charge is 0.0898 e. The summed E-state index contributed by atoms with van der Waals surface area (Å²) in [5, 5.41) is 3.89. The third-order valence-electron chi connectivity index (χ3n) is 2.67. The van der Waals surface area contributed by atoms with Crippen molar-refractivity contribution in [2.45, 2.75) is 19.3 Å². The van der Waals surface area contributed by atoms with Gasteiger partial charge in [0.05, 0.1) is 17.2 Å². The topological polar surface area (TPSA) is 16.1 Å². The van der Waals surface area contributed by atoms with Crippen LogP contribution in [-0.2, 0) is 12.4 Å². The van der Waals surface area contributed by atoms with Gasteiger partial charge in [-0.2, -0.15) is 0 Å². The van der Waals surface area contributed by atoms with E-state index in [-0.39, 0.29) is 0 Å². The number of rotatable bonds is 4. The molecule has 2 rings (SSSR count). The molecule has 0 radical (unpaired) electrons. The van der Waals surface area contributed by atoms with Crippen molar-refractivity contribution >= 4 is 40.2 Å². The van der Waals surface area contributed by atoms with Gasteiger partial charge in [-0.1, -0.05) is 17.7 Å². The summed E-state index contributed by atoms with van der Waals surface area (Å²) in [6.45, 7) is 2.77. The molecule has 0 atom stereocenters. The first-order valence-electron chi connectivity index (χ1n) is 5.56. The molecule has 0 saturated heterocycles. The molecule has 1 aromatic heterocycles. The molecular formula is C13H14Cl2N2S. The Kier molecular flexibility index (Phi) is 4.49. The number of benzene rings is 1. The summed E-state index contributed by atoms with van der Waals surface area (Å²) in [4.78, 5) is 6.59. The average Bonchev–Trinajstić information content (AvgIpc) is 2.74. The summed E-state index contributed by atoms with van der Waals surface area (Å²) in [6.07, 6.45) is 0. The van der Waals surface area contributed by atoms with E-state index in [4.69, 9.17) is 23.2 Å². The summed E-state index contributed by atoms with van der Waals surface area (Å²) in [5.74, 6) is 0.479. The zero-order valence-electron chi connectivity index (χ0n) is 10.3. The van der Waals surface area contributed by atoms with Gasteiger partial charge < -0.3 is 4.90 Å². The van der Waals surface area contributed by atoms with E-state index in [0.29, 0.717) is 5.88 Å². The second-order valence-electron chi connectivity index (χ2n) is 4.12. The van der Waals surface area contributed by atoms with Gasteiger partial charge in [0.15, 0.2) is 0 Å². The van der Waals surface area contributed by atoms with Crippen LogP contribution in [-0.4, -0.2) is 12.0 Å². The van der Waals surface area contributed by atoms with Gasteiger partial charge >= 0.3 is 0 Å². The fourth-order valence-corrected chi connectivity index (χ4v) is 2.81. The number of nitrogens with zero attached hydrogens (tertiary/aromatic N) is 2. The molecule has 0 bridgehead atoms. The molecule has 0 fully saturated rings. The van der Waals surface area contributed by atoms with E-state index in [1.807, 2.05) is 32.2 Å². The molecule has 1 heterocycles. The third kappa shape index (κ3) is 3.16. The quantitative estimate of drug-likeness (QED) is 0.774. The van der Waals surface area contributed by atoms with E-state index < -0.39 is 0 Å². The van der Waals surface area contributed by atoms with Gasteiger partial charge in [0.25, 0.3) is 0 Å². The van der Waals surface area contributed by atoms with E-state index in [0.717, 1.165) is 33.5 Å². The maximum Gasteiger partial charge on any atom is 0.0898 e. The highest BCUT2D eigenvalue weighted by molar-refractivity contribution is 7.09. The van der Waals surface area contributed by atoms with Gasteiger partial charge in [-0.15, -0.1) is 22.9 Å². The molecule has 2 aromatic rings. The lowest BCUT2D eigenvalue weighted by Gasteiger charge is -2.21. The highest BCUT2D eigenvalue weighted by Crippen LogP contribution is 2.26. The molecule has 0 amide bonds. The number of thiazole rings is 1. The van der Waals surface area contributed by atoms with Crippen molar-refractivity contribution in [3.63, 3.8) is 0 Å². The Morgan fingerprint density at radius 2 is 2.17 bits per heavy atom. The molecule has 96 valence electrons. The lowest BCUT2D eigenvalue weighted by Crippen LogP contribution is -2.18. The van der Waals surface area contributed by atoms with Crippen LogP contribution in [0.15, 0.2) is 23.6 Å². The highest BCUT2D eigenvalue weighted by atomic mass is 35.5. The fourth-order valence-electron chi connectivity index (χ4n) is 1.81. The fraction of sp³-hybridized carbons (Fsp3) is 0.308. The number of anilines is 1. The van der Waals surface area contributed by atoms with Crippen molar-refractivity contribution in [3.8, 4) is 0 Å². The summed E-state index contributed by atoms with van der Waals surface area (Å²) in [6, 6.07) is 5.77. The van der Waals surface area contributed by atoms with Crippen molar-refractivity contribution < 1.29 is 0 Å². The molecule has 0 aliphatic heterocycles. The van der Waals surface area contributed by atoms with Crippen LogP contribution in [0.2, 0.25) is 5.02 Å². The van der Waals surface area contributed by atoms with Crippen LogP contribution in [0.1, 0.15) is 16.3 Å². The molecular weight excluding hydrogens is 287 g/mol. The zero-order chi connectivity index (χ0) is 13.1. The number of halogens is 2. The summed E-state index contributed by atoms with van der Waals surface area (Å²) in [7, 11) is 2.02. The van der Waals surface area contributed by atoms with Crippen LogP contribution in [0.5, 0.6) is 0 Å². The van der Waals surface area contributed by atoms with Crippen LogP contribution < -0.4 is 4.90 Å². The van der Waals surface area contributed by atoms with E-state index in [9.17, 15) is 0 Å². The van der Waals surface area contributed by atoms with Crippen molar-refractivity contribution in [3.05, 3.63) is 44.9 Å². The first-order chi connectivity index (χ1) is 8.60. The van der Waals surface area contributed by atoms with Crippen molar-refractivity contribution in [2.24, 2.45) is 0 Å². The SMILES string of the molecule is Cc1nc(CN(C)c2cc(Cl)ccc2CCl)cs1. The molecule has 0 aliphatic rings. The highest BCUT2D eigenvalue weighted by Gasteiger charge is 2.09. The monoisotopic (exact) mass is 300 g/mol. The zero-order valence-corrected chi connectivity index (χ0v) is 12.6. The van der Waals surface area contributed by atoms with Gasteiger partial charge in [-0.25, -0.2) is 4.98 Å². The van der Waals surface area contributed by atoms with Crippen LogP contribution in [0.3, 0.4) is 0 Å². The lowest BCUT2D eigenvalue weighted by atomic mass is 10.2. The van der Waals surface area contributed by atoms with Crippen LogP contribution in [0.4, 0.5) is 5.69 Å². The molecule has 0 saturated carbocycles. The average molecular weight is 301 g/mol. The Morgan fingerprint density at radius 3 is 2.78 bits per heavy atom. The Hall–Kier alpha value is -0.770. The van der Waals surface area contributed by atoms with Crippen molar-refractivity contribution in [1.82, 2.24) is 4.98 Å². The van der Waals surface area contributed by atoms with Gasteiger partial charge in [-0.3, -0.25) is 0 Å². The molecule has 1 aromatic carbocycles. The van der Waals surface area contributed by atoms with Crippen LogP contribution in [0, 0.1) is 6.92 Å². The first-order valence-corrected chi connectivity index (χ1v) is 7.36. The predicted octanol–water partition coefficient (Wildman–Crippen LogP) is 4.48. The Balaban J connectivity index is 2.22. The number of aryl methyl sites for hydroxylation is 1. The standard InChI is InChI=1S/C13H14Cl2N2S/c1-9-16-12(8-18-9)7-17(2)13-5-11(15)4-3-10(13)6-14/h3-5,8H,6-7H2,1-2H3. The minimum Gasteiger partial charge on any atom is -0.368 e. The Morgan fingerprint density at radius 1 is 1.39 bits per heavy atom. The van der Waals surface area contributed by atoms with Crippen LogP contribution >= 0.6 is 34.5 Å². The van der Waals surface area contributed by atoms with Gasteiger partial charge in [0, 0.05) is 29.0 Å². The van der Waals surface area contributed by atoms with Gasteiger partial charge in [0.1, 0.15) is 0 Å². The number of alkyl halides is 1. The minimum absolute atomic E-state index is 0.479. The molecule has 5 heteroatoms. The molecule has 0 aliphatic carbocycles. The number of hydrogen-bond acceptors (Lipinski definition) is 3. The van der Waals surface area contributed by atoms with Crippen LogP contribution in [0.25, 0.3) is 0 Å². The Bertz CT molecular complexity index is 540. The largest absolute Gasteiger partial charge is 0.368 e. The second kappa shape index (κ2) is 5.91. The lowest BCUT2D eigenvalue weighted by molar-refractivity contribution is 0.885. The van der Waals surface area contributed by atoms with Gasteiger partial charge in [-0.05, 0) is 24.6 Å². The first kappa shape index (κ1) is 13.7. The van der Waals surface area contributed by atoms with Crippen molar-refractivity contribution in [2.75, 3.05) is 11.9 Å². The van der Waals surface area contributed by atoms with E-state index in [2.05, 4.69) is 15.3 Å². The number of hydrogen-bond donors (Lipinski definition) is 0. The minimum atomic E-state index is 0.479. The maximum absolute atomic E-state index is 6.04. The van der Waals surface area contributed by atoms with E-state index in [1.165, 1.54) is 0 Å². The Labute approximate surface area is 121 Å². The van der Waals surface area contributed by atoms with E-state index >= 15 is 0 Å². The number of aromatic nitrogens is 1. The van der Waals surface area contributed by atoms with Crippen molar-refractivity contribution in [1.29, 1.82) is 0 Å². The molecule has 0 N–H and O–H groups in total. The maximum atomic E-state index is 6.04. The van der Waals surface area contributed by atoms with Gasteiger partial charge in [0.2, 0.25) is 0 Å². The molecule has 18 heavy (non-hydrogen) atoms. The summed E-state index contributed by atoms with van der Waals surface area (Å²) >= 11 is 13.7. The molecule has 2 nitrogen and oxygen atoms in total. The second-order valence-corrected chi connectivity index (χ2v) is 5.89. The third-order valence-corrected chi connectivity index (χ3v) is 4.01. The molecule has 0 unspecified atom stereocenters. The predicted molar refractivity (Wildman–Crippen MR) is 80.0 cm³/mol. The summed E-state index contributed by atoms with van der Waals surface area (Å²) < 4.78 is 0. The molecule has 0 spiro atoms. The summed E-state index contributed by atoms with van der Waals surface area (Å²) in [5.41, 5.74) is 3.21. The van der Waals surface area contributed by atoms with E-state index in [1.54, 1.807) is 11.3 Å².